The predicted octanol–water partition coefficient (Wildman–Crippen LogP) is 1.89. The van der Waals surface area contributed by atoms with Crippen molar-refractivity contribution >= 4 is 19.2 Å². The molecule has 0 bridgehead atoms. The normalized spacial score (nSPS) is 9.31. The summed E-state index contributed by atoms with van der Waals surface area (Å²) in [5.74, 6) is 0.394. The largest absolute Gasteiger partial charge is 0.352 e. The topological polar surface area (TPSA) is 29.1 Å². The fourth-order valence-electron chi connectivity index (χ4n) is 1.08. The lowest BCUT2D eigenvalue weighted by molar-refractivity contribution is 0.0949. The van der Waals surface area contributed by atoms with Crippen LogP contribution in [0.5, 0.6) is 0 Å². The van der Waals surface area contributed by atoms with Crippen LogP contribution in [0.15, 0.2) is 24.3 Å². The van der Waals surface area contributed by atoms with E-state index in [1.165, 1.54) is 0 Å². The summed E-state index contributed by atoms with van der Waals surface area (Å²) < 4.78 is 0. The summed E-state index contributed by atoms with van der Waals surface area (Å²) in [6.45, 7) is 8.80. The van der Waals surface area contributed by atoms with Crippen molar-refractivity contribution in [3.63, 3.8) is 0 Å². The van der Waals surface area contributed by atoms with Crippen LogP contribution in [0.2, 0.25) is 0 Å². The minimum Gasteiger partial charge on any atom is -0.352 e. The van der Waals surface area contributed by atoms with Crippen molar-refractivity contribution in [2.24, 2.45) is 5.92 Å². The average molecular weight is 217 g/mol. The molecule has 0 aliphatic heterocycles. The van der Waals surface area contributed by atoms with E-state index in [9.17, 15) is 4.79 Å². The minimum atomic E-state index is -0.0639. The van der Waals surface area contributed by atoms with Crippen LogP contribution in [-0.4, -0.2) is 20.3 Å². The van der Waals surface area contributed by atoms with Gasteiger partial charge >= 0.3 is 0 Å². The molecule has 2 nitrogen and oxygen atoms in total. The summed E-state index contributed by atoms with van der Waals surface area (Å²) >= 11 is 0. The van der Waals surface area contributed by atoms with Gasteiger partial charge in [-0.15, -0.1) is 0 Å². The van der Waals surface area contributed by atoms with Gasteiger partial charge in [-0.1, -0.05) is 51.4 Å². The molecular formula is C13H20BNO. The van der Waals surface area contributed by atoms with Gasteiger partial charge < -0.3 is 5.32 Å². The second-order valence-corrected chi connectivity index (χ2v) is 3.73. The van der Waals surface area contributed by atoms with Crippen LogP contribution < -0.4 is 10.8 Å². The zero-order valence-corrected chi connectivity index (χ0v) is 10.6. The summed E-state index contributed by atoms with van der Waals surface area (Å²) in [5, 5.41) is 2.83. The van der Waals surface area contributed by atoms with Crippen molar-refractivity contribution in [1.82, 2.24) is 5.32 Å². The molecular weight excluding hydrogens is 197 g/mol. The molecule has 0 unspecified atom stereocenters. The SMILES string of the molecule is CC.[B]c1cccc(C(=O)NCC(C)C)c1. The fourth-order valence-corrected chi connectivity index (χ4v) is 1.08. The molecule has 3 heteroatoms. The second-order valence-electron chi connectivity index (χ2n) is 3.73. The van der Waals surface area contributed by atoms with E-state index in [0.29, 0.717) is 23.5 Å². The average Bonchev–Trinajstić information content (AvgIpc) is 2.28. The number of nitrogens with one attached hydrogen (secondary N) is 1. The van der Waals surface area contributed by atoms with E-state index in [1.807, 2.05) is 13.8 Å². The third-order valence-electron chi connectivity index (χ3n) is 1.82. The third-order valence-corrected chi connectivity index (χ3v) is 1.82. The standard InChI is InChI=1S/C11H14BNO.C2H6/c1-8(2)7-13-11(14)9-4-3-5-10(12)6-9;1-2/h3-6,8H,7H2,1-2H3,(H,13,14);1-2H3. The Bertz CT molecular complexity index is 323. The van der Waals surface area contributed by atoms with Gasteiger partial charge in [0.15, 0.2) is 0 Å². The maximum Gasteiger partial charge on any atom is 0.251 e. The Morgan fingerprint density at radius 3 is 2.50 bits per heavy atom. The molecule has 86 valence electrons. The van der Waals surface area contributed by atoms with Crippen LogP contribution >= 0.6 is 0 Å². The first-order valence-electron chi connectivity index (χ1n) is 5.73. The van der Waals surface area contributed by atoms with E-state index in [0.717, 1.165) is 0 Å². The van der Waals surface area contributed by atoms with Crippen LogP contribution in [0.3, 0.4) is 0 Å². The number of benzene rings is 1. The third kappa shape index (κ3) is 5.59. The van der Waals surface area contributed by atoms with Crippen LogP contribution in [-0.2, 0) is 0 Å². The summed E-state index contributed by atoms with van der Waals surface area (Å²) in [6.07, 6.45) is 0. The van der Waals surface area contributed by atoms with Crippen molar-refractivity contribution in [1.29, 1.82) is 0 Å². The highest BCUT2D eigenvalue weighted by Gasteiger charge is 2.04. The number of carbonyl (C=O) groups excluding carboxylic acids is 1. The van der Waals surface area contributed by atoms with E-state index < -0.39 is 0 Å². The van der Waals surface area contributed by atoms with Gasteiger partial charge in [-0.2, -0.15) is 0 Å². The first-order chi connectivity index (χ1) is 7.59. The quantitative estimate of drug-likeness (QED) is 0.769. The zero-order valence-electron chi connectivity index (χ0n) is 10.6. The molecule has 1 aromatic carbocycles. The molecule has 0 aliphatic carbocycles. The predicted molar refractivity (Wildman–Crippen MR) is 70.3 cm³/mol. The lowest BCUT2D eigenvalue weighted by atomic mass is 9.94. The zero-order chi connectivity index (χ0) is 12.6. The Balaban J connectivity index is 0.00000106. The molecule has 0 saturated heterocycles. The Hall–Kier alpha value is -1.25. The molecule has 2 radical (unpaired) electrons. The highest BCUT2D eigenvalue weighted by molar-refractivity contribution is 6.32. The summed E-state index contributed by atoms with van der Waals surface area (Å²) in [5.41, 5.74) is 1.23. The smallest absolute Gasteiger partial charge is 0.251 e. The van der Waals surface area contributed by atoms with E-state index in [1.54, 1.807) is 24.3 Å². The van der Waals surface area contributed by atoms with Crippen LogP contribution in [0.25, 0.3) is 0 Å². The summed E-state index contributed by atoms with van der Waals surface area (Å²) in [4.78, 5) is 11.5. The van der Waals surface area contributed by atoms with E-state index in [-0.39, 0.29) is 5.91 Å². The number of hydrogen-bond donors (Lipinski definition) is 1. The molecule has 16 heavy (non-hydrogen) atoms. The molecule has 0 heterocycles. The van der Waals surface area contributed by atoms with E-state index in [4.69, 9.17) is 7.85 Å². The van der Waals surface area contributed by atoms with Crippen molar-refractivity contribution in [3.8, 4) is 0 Å². The first-order valence-corrected chi connectivity index (χ1v) is 5.73. The van der Waals surface area contributed by atoms with E-state index in [2.05, 4.69) is 19.2 Å². The van der Waals surface area contributed by atoms with Gasteiger partial charge in [0.2, 0.25) is 0 Å². The lowest BCUT2D eigenvalue weighted by Gasteiger charge is -2.07. The van der Waals surface area contributed by atoms with Crippen molar-refractivity contribution in [2.75, 3.05) is 6.54 Å². The van der Waals surface area contributed by atoms with Gasteiger partial charge in [-0.3, -0.25) is 4.79 Å². The van der Waals surface area contributed by atoms with Crippen LogP contribution in [0.4, 0.5) is 0 Å². The molecule has 0 aliphatic rings. The number of amides is 1. The number of carbonyl (C=O) groups is 1. The molecule has 0 atom stereocenters. The fraction of sp³-hybridized carbons (Fsp3) is 0.462. The Morgan fingerprint density at radius 2 is 2.00 bits per heavy atom. The maximum absolute atomic E-state index is 11.5. The van der Waals surface area contributed by atoms with Crippen LogP contribution in [0, 0.1) is 5.92 Å². The molecule has 0 aromatic heterocycles. The molecule has 1 amide bonds. The van der Waals surface area contributed by atoms with Gasteiger partial charge in [-0.25, -0.2) is 0 Å². The van der Waals surface area contributed by atoms with Gasteiger partial charge in [0, 0.05) is 12.1 Å². The lowest BCUT2D eigenvalue weighted by Crippen LogP contribution is -2.27. The highest BCUT2D eigenvalue weighted by atomic mass is 16.1. The van der Waals surface area contributed by atoms with E-state index >= 15 is 0 Å². The van der Waals surface area contributed by atoms with Gasteiger partial charge in [0.05, 0.1) is 0 Å². The molecule has 1 N–H and O–H groups in total. The summed E-state index contributed by atoms with van der Waals surface area (Å²) in [7, 11) is 5.57. The molecule has 1 aromatic rings. The van der Waals surface area contributed by atoms with Gasteiger partial charge in [-0.05, 0) is 12.0 Å². The number of hydrogen-bond acceptors (Lipinski definition) is 1. The van der Waals surface area contributed by atoms with Crippen LogP contribution in [0.1, 0.15) is 38.1 Å². The van der Waals surface area contributed by atoms with Gasteiger partial charge in [0.25, 0.3) is 5.91 Å². The highest BCUT2D eigenvalue weighted by Crippen LogP contribution is 1.96. The Labute approximate surface area is 99.9 Å². The van der Waals surface area contributed by atoms with Gasteiger partial charge in [0.1, 0.15) is 7.85 Å². The number of rotatable bonds is 3. The summed E-state index contributed by atoms with van der Waals surface area (Å²) in [6, 6.07) is 6.97. The Kier molecular flexibility index (Phi) is 7.35. The molecule has 0 fully saturated rings. The van der Waals surface area contributed by atoms with Crippen molar-refractivity contribution in [3.05, 3.63) is 29.8 Å². The Morgan fingerprint density at radius 1 is 1.38 bits per heavy atom. The van der Waals surface area contributed by atoms with Crippen molar-refractivity contribution in [2.45, 2.75) is 27.7 Å². The molecule has 1 rings (SSSR count). The second kappa shape index (κ2) is 7.97. The molecule has 0 saturated carbocycles. The maximum atomic E-state index is 11.5. The first kappa shape index (κ1) is 14.8. The van der Waals surface area contributed by atoms with Crippen molar-refractivity contribution < 1.29 is 4.79 Å². The molecule has 0 spiro atoms. The minimum absolute atomic E-state index is 0.0639. The monoisotopic (exact) mass is 217 g/mol.